The summed E-state index contributed by atoms with van der Waals surface area (Å²) in [6.07, 6.45) is 3.19. The van der Waals surface area contributed by atoms with Gasteiger partial charge in [0.25, 0.3) is 5.91 Å². The summed E-state index contributed by atoms with van der Waals surface area (Å²) in [7, 11) is 1.70. The lowest BCUT2D eigenvalue weighted by Gasteiger charge is -2.19. The van der Waals surface area contributed by atoms with Crippen molar-refractivity contribution in [1.82, 2.24) is 9.97 Å². The maximum absolute atomic E-state index is 12.7. The van der Waals surface area contributed by atoms with Crippen LogP contribution in [0.15, 0.2) is 54.9 Å². The highest BCUT2D eigenvalue weighted by Crippen LogP contribution is 2.24. The molecule has 0 atom stereocenters. The predicted molar refractivity (Wildman–Crippen MR) is 83.1 cm³/mol. The number of carbonyl (C=O) groups is 1. The van der Waals surface area contributed by atoms with Crippen LogP contribution in [0.1, 0.15) is 10.4 Å². The van der Waals surface area contributed by atoms with E-state index >= 15 is 0 Å². The van der Waals surface area contributed by atoms with Crippen molar-refractivity contribution in [3.63, 3.8) is 0 Å². The lowest BCUT2D eigenvalue weighted by Crippen LogP contribution is -2.27. The molecule has 0 fully saturated rings. The molecule has 2 aromatic carbocycles. The average molecular weight is 278 g/mol. The normalized spacial score (nSPS) is 10.5. The van der Waals surface area contributed by atoms with Crippen LogP contribution in [-0.2, 0) is 0 Å². The van der Waals surface area contributed by atoms with Crippen LogP contribution < -0.4 is 10.6 Å². The molecule has 2 N–H and O–H groups in total. The standard InChI is InChI=1S/C16H14N4O/c1-20(14-8-3-2-6-12(14)17)16(21)11-5-4-7-13-15(11)19-10-9-18-13/h2-10H,17H2,1H3. The summed E-state index contributed by atoms with van der Waals surface area (Å²) in [5, 5.41) is 0. The third-order valence-electron chi connectivity index (χ3n) is 3.33. The molecule has 1 heterocycles. The lowest BCUT2D eigenvalue weighted by atomic mass is 10.1. The van der Waals surface area contributed by atoms with E-state index in [1.165, 1.54) is 4.90 Å². The van der Waals surface area contributed by atoms with Crippen LogP contribution in [0.5, 0.6) is 0 Å². The Morgan fingerprint density at radius 1 is 1.05 bits per heavy atom. The third kappa shape index (κ3) is 2.29. The molecule has 3 rings (SSSR count). The second-order valence-electron chi connectivity index (χ2n) is 4.65. The first-order valence-corrected chi connectivity index (χ1v) is 6.51. The quantitative estimate of drug-likeness (QED) is 0.731. The Balaban J connectivity index is 2.07. The van der Waals surface area contributed by atoms with Crippen molar-refractivity contribution in [3.05, 3.63) is 60.4 Å². The fourth-order valence-corrected chi connectivity index (χ4v) is 2.25. The molecule has 0 unspecified atom stereocenters. The van der Waals surface area contributed by atoms with Crippen LogP contribution in [0.25, 0.3) is 11.0 Å². The second-order valence-corrected chi connectivity index (χ2v) is 4.65. The van der Waals surface area contributed by atoms with Crippen LogP contribution in [-0.4, -0.2) is 22.9 Å². The van der Waals surface area contributed by atoms with Crippen LogP contribution in [0.4, 0.5) is 11.4 Å². The van der Waals surface area contributed by atoms with Gasteiger partial charge in [0.2, 0.25) is 0 Å². The molecule has 0 radical (unpaired) electrons. The Morgan fingerprint density at radius 2 is 1.81 bits per heavy atom. The molecule has 21 heavy (non-hydrogen) atoms. The van der Waals surface area contributed by atoms with E-state index in [0.717, 1.165) is 0 Å². The predicted octanol–water partition coefficient (Wildman–Crippen LogP) is 2.49. The molecular weight excluding hydrogens is 264 g/mol. The van der Waals surface area contributed by atoms with Crippen molar-refractivity contribution in [3.8, 4) is 0 Å². The number of nitrogens with zero attached hydrogens (tertiary/aromatic N) is 3. The molecule has 3 aromatic rings. The highest BCUT2D eigenvalue weighted by molar-refractivity contribution is 6.13. The molecule has 1 aromatic heterocycles. The molecule has 1 amide bonds. The van der Waals surface area contributed by atoms with Gasteiger partial charge in [-0.3, -0.25) is 14.8 Å². The summed E-state index contributed by atoms with van der Waals surface area (Å²) in [5.41, 5.74) is 8.94. The Bertz CT molecular complexity index is 811. The molecule has 104 valence electrons. The van der Waals surface area contributed by atoms with E-state index in [2.05, 4.69) is 9.97 Å². The minimum atomic E-state index is -0.168. The van der Waals surface area contributed by atoms with Crippen molar-refractivity contribution in [2.75, 3.05) is 17.7 Å². The van der Waals surface area contributed by atoms with Crippen LogP contribution in [0.2, 0.25) is 0 Å². The molecule has 0 saturated carbocycles. The van der Waals surface area contributed by atoms with Crippen molar-refractivity contribution in [2.45, 2.75) is 0 Å². The Hall–Kier alpha value is -2.95. The number of anilines is 2. The van der Waals surface area contributed by atoms with Gasteiger partial charge in [-0.15, -0.1) is 0 Å². The second kappa shape index (κ2) is 5.20. The molecule has 5 nitrogen and oxygen atoms in total. The van der Waals surface area contributed by atoms with E-state index < -0.39 is 0 Å². The number of carbonyl (C=O) groups excluding carboxylic acids is 1. The zero-order chi connectivity index (χ0) is 14.8. The highest BCUT2D eigenvalue weighted by atomic mass is 16.2. The molecular formula is C16H14N4O. The number of amides is 1. The smallest absolute Gasteiger partial charge is 0.260 e. The number of hydrogen-bond donors (Lipinski definition) is 1. The van der Waals surface area contributed by atoms with Gasteiger partial charge < -0.3 is 10.6 Å². The van der Waals surface area contributed by atoms with Crippen LogP contribution >= 0.6 is 0 Å². The van der Waals surface area contributed by atoms with Crippen molar-refractivity contribution >= 4 is 28.3 Å². The first kappa shape index (κ1) is 13.1. The monoisotopic (exact) mass is 278 g/mol. The lowest BCUT2D eigenvalue weighted by molar-refractivity contribution is 0.0994. The number of fused-ring (bicyclic) bond motifs is 1. The molecule has 0 spiro atoms. The van der Waals surface area contributed by atoms with E-state index in [1.807, 2.05) is 24.3 Å². The first-order chi connectivity index (χ1) is 10.2. The maximum atomic E-state index is 12.7. The highest BCUT2D eigenvalue weighted by Gasteiger charge is 2.18. The van der Waals surface area contributed by atoms with Gasteiger partial charge >= 0.3 is 0 Å². The van der Waals surface area contributed by atoms with Gasteiger partial charge in [0, 0.05) is 19.4 Å². The molecule has 5 heteroatoms. The van der Waals surface area contributed by atoms with Gasteiger partial charge in [-0.2, -0.15) is 0 Å². The summed E-state index contributed by atoms with van der Waals surface area (Å²) in [6, 6.07) is 12.6. The number of aromatic nitrogens is 2. The van der Waals surface area contributed by atoms with Crippen LogP contribution in [0.3, 0.4) is 0 Å². The summed E-state index contributed by atoms with van der Waals surface area (Å²) in [6.45, 7) is 0. The van der Waals surface area contributed by atoms with Gasteiger partial charge in [-0.1, -0.05) is 18.2 Å². The van der Waals surface area contributed by atoms with Gasteiger partial charge in [0.1, 0.15) is 5.52 Å². The molecule has 0 aliphatic heterocycles. The number of rotatable bonds is 2. The van der Waals surface area contributed by atoms with Crippen molar-refractivity contribution < 1.29 is 4.79 Å². The maximum Gasteiger partial charge on any atom is 0.260 e. The summed E-state index contributed by atoms with van der Waals surface area (Å²) in [5.74, 6) is -0.168. The Morgan fingerprint density at radius 3 is 2.62 bits per heavy atom. The topological polar surface area (TPSA) is 72.1 Å². The van der Waals surface area contributed by atoms with E-state index in [1.54, 1.807) is 37.6 Å². The SMILES string of the molecule is CN(C(=O)c1cccc2nccnc12)c1ccccc1N. The number of benzene rings is 2. The Kier molecular flexibility index (Phi) is 3.23. The zero-order valence-corrected chi connectivity index (χ0v) is 11.5. The summed E-state index contributed by atoms with van der Waals surface area (Å²) < 4.78 is 0. The molecule has 0 aliphatic rings. The number of nitrogen functional groups attached to an aromatic ring is 1. The fraction of sp³-hybridized carbons (Fsp3) is 0.0625. The minimum Gasteiger partial charge on any atom is -0.397 e. The van der Waals surface area contributed by atoms with Crippen molar-refractivity contribution in [1.29, 1.82) is 0 Å². The van der Waals surface area contributed by atoms with Crippen molar-refractivity contribution in [2.24, 2.45) is 0 Å². The first-order valence-electron chi connectivity index (χ1n) is 6.51. The van der Waals surface area contributed by atoms with E-state index in [-0.39, 0.29) is 5.91 Å². The molecule has 0 saturated heterocycles. The van der Waals surface area contributed by atoms with E-state index in [0.29, 0.717) is 28.0 Å². The van der Waals surface area contributed by atoms with Gasteiger partial charge in [0.05, 0.1) is 22.5 Å². The summed E-state index contributed by atoms with van der Waals surface area (Å²) >= 11 is 0. The van der Waals surface area contributed by atoms with Gasteiger partial charge in [-0.25, -0.2) is 0 Å². The number of nitrogens with two attached hydrogens (primary N) is 1. The fourth-order valence-electron chi connectivity index (χ4n) is 2.25. The molecule has 0 aliphatic carbocycles. The Labute approximate surface area is 122 Å². The molecule has 0 bridgehead atoms. The number of hydrogen-bond acceptors (Lipinski definition) is 4. The van der Waals surface area contributed by atoms with Gasteiger partial charge in [0.15, 0.2) is 0 Å². The average Bonchev–Trinajstić information content (AvgIpc) is 2.53. The largest absolute Gasteiger partial charge is 0.397 e. The van der Waals surface area contributed by atoms with Gasteiger partial charge in [-0.05, 0) is 24.3 Å². The van der Waals surface area contributed by atoms with E-state index in [4.69, 9.17) is 5.73 Å². The third-order valence-corrected chi connectivity index (χ3v) is 3.33. The number of para-hydroxylation sites is 3. The summed E-state index contributed by atoms with van der Waals surface area (Å²) in [4.78, 5) is 22.7. The zero-order valence-electron chi connectivity index (χ0n) is 11.5. The van der Waals surface area contributed by atoms with Crippen LogP contribution in [0, 0.1) is 0 Å². The van der Waals surface area contributed by atoms with E-state index in [9.17, 15) is 4.79 Å². The minimum absolute atomic E-state index is 0.168.